The SMILES string of the molecule is CCOc1ccc(-c2noc(CCC(=O)Nc3ccccc3OC)n2)cc1OC. The third kappa shape index (κ3) is 5.04. The molecule has 0 saturated heterocycles. The molecule has 0 bridgehead atoms. The molecule has 8 nitrogen and oxygen atoms in total. The maximum atomic E-state index is 12.2. The molecule has 8 heteroatoms. The average Bonchev–Trinajstić information content (AvgIpc) is 3.22. The van der Waals surface area contributed by atoms with Gasteiger partial charge < -0.3 is 24.1 Å². The van der Waals surface area contributed by atoms with Gasteiger partial charge in [0.1, 0.15) is 5.75 Å². The van der Waals surface area contributed by atoms with Crippen molar-refractivity contribution in [1.82, 2.24) is 10.1 Å². The van der Waals surface area contributed by atoms with Gasteiger partial charge in [-0.25, -0.2) is 0 Å². The lowest BCUT2D eigenvalue weighted by molar-refractivity contribution is -0.116. The Morgan fingerprint density at radius 3 is 2.62 bits per heavy atom. The molecule has 0 radical (unpaired) electrons. The van der Waals surface area contributed by atoms with Crippen molar-refractivity contribution in [2.45, 2.75) is 19.8 Å². The van der Waals surface area contributed by atoms with E-state index in [-0.39, 0.29) is 12.3 Å². The number of hydrogen-bond donors (Lipinski definition) is 1. The fourth-order valence-electron chi connectivity index (χ4n) is 2.74. The Kier molecular flexibility index (Phi) is 6.67. The second-order valence-corrected chi connectivity index (χ2v) is 6.06. The van der Waals surface area contributed by atoms with E-state index in [9.17, 15) is 4.79 Å². The largest absolute Gasteiger partial charge is 0.495 e. The third-order valence-corrected chi connectivity index (χ3v) is 4.14. The number of anilines is 1. The van der Waals surface area contributed by atoms with Crippen LogP contribution in [0.25, 0.3) is 11.4 Å². The number of para-hydroxylation sites is 2. The number of nitrogens with zero attached hydrogens (tertiary/aromatic N) is 2. The van der Waals surface area contributed by atoms with Crippen LogP contribution in [-0.4, -0.2) is 36.9 Å². The van der Waals surface area contributed by atoms with E-state index in [1.54, 1.807) is 38.5 Å². The molecule has 1 N–H and O–H groups in total. The lowest BCUT2D eigenvalue weighted by Crippen LogP contribution is -2.13. The van der Waals surface area contributed by atoms with Gasteiger partial charge in [-0.1, -0.05) is 17.3 Å². The molecular formula is C21H23N3O5. The Morgan fingerprint density at radius 1 is 1.07 bits per heavy atom. The maximum Gasteiger partial charge on any atom is 0.227 e. The smallest absolute Gasteiger partial charge is 0.227 e. The molecular weight excluding hydrogens is 374 g/mol. The van der Waals surface area contributed by atoms with Gasteiger partial charge >= 0.3 is 0 Å². The third-order valence-electron chi connectivity index (χ3n) is 4.14. The van der Waals surface area contributed by atoms with E-state index >= 15 is 0 Å². The monoisotopic (exact) mass is 397 g/mol. The zero-order valence-corrected chi connectivity index (χ0v) is 16.6. The van der Waals surface area contributed by atoms with Crippen molar-refractivity contribution in [1.29, 1.82) is 0 Å². The van der Waals surface area contributed by atoms with Crippen molar-refractivity contribution in [2.24, 2.45) is 0 Å². The Hall–Kier alpha value is -3.55. The van der Waals surface area contributed by atoms with E-state index in [4.69, 9.17) is 18.7 Å². The number of benzene rings is 2. The van der Waals surface area contributed by atoms with Crippen molar-refractivity contribution in [3.63, 3.8) is 0 Å². The molecule has 0 spiro atoms. The molecule has 29 heavy (non-hydrogen) atoms. The number of rotatable bonds is 9. The highest BCUT2D eigenvalue weighted by molar-refractivity contribution is 5.92. The van der Waals surface area contributed by atoms with Crippen LogP contribution in [0.3, 0.4) is 0 Å². The van der Waals surface area contributed by atoms with Crippen LogP contribution in [0.15, 0.2) is 47.0 Å². The molecule has 2 aromatic carbocycles. The molecule has 0 unspecified atom stereocenters. The first-order chi connectivity index (χ1) is 14.1. The first-order valence-corrected chi connectivity index (χ1v) is 9.21. The van der Waals surface area contributed by atoms with E-state index in [1.807, 2.05) is 25.1 Å². The number of aryl methyl sites for hydroxylation is 1. The average molecular weight is 397 g/mol. The van der Waals surface area contributed by atoms with Crippen LogP contribution in [0.4, 0.5) is 5.69 Å². The van der Waals surface area contributed by atoms with E-state index in [1.165, 1.54) is 0 Å². The molecule has 3 rings (SSSR count). The molecule has 0 fully saturated rings. The van der Waals surface area contributed by atoms with Crippen LogP contribution in [0, 0.1) is 0 Å². The summed E-state index contributed by atoms with van der Waals surface area (Å²) in [4.78, 5) is 16.6. The predicted molar refractivity (Wildman–Crippen MR) is 107 cm³/mol. The fourth-order valence-corrected chi connectivity index (χ4v) is 2.74. The van der Waals surface area contributed by atoms with E-state index in [0.29, 0.717) is 47.7 Å². The Labute approximate surface area is 168 Å². The van der Waals surface area contributed by atoms with Gasteiger partial charge in [0.2, 0.25) is 17.6 Å². The van der Waals surface area contributed by atoms with Crippen LogP contribution in [0.1, 0.15) is 19.2 Å². The molecule has 0 atom stereocenters. The number of carbonyl (C=O) groups is 1. The Morgan fingerprint density at radius 2 is 1.86 bits per heavy atom. The van der Waals surface area contributed by atoms with Crippen molar-refractivity contribution in [3.8, 4) is 28.6 Å². The van der Waals surface area contributed by atoms with Gasteiger partial charge in [0.25, 0.3) is 0 Å². The first-order valence-electron chi connectivity index (χ1n) is 9.21. The molecule has 3 aromatic rings. The van der Waals surface area contributed by atoms with Crippen molar-refractivity contribution < 1.29 is 23.5 Å². The summed E-state index contributed by atoms with van der Waals surface area (Å²) in [6.45, 7) is 2.45. The van der Waals surface area contributed by atoms with Gasteiger partial charge in [-0.05, 0) is 37.3 Å². The highest BCUT2D eigenvalue weighted by atomic mass is 16.5. The second kappa shape index (κ2) is 9.59. The van der Waals surface area contributed by atoms with Gasteiger partial charge in [0.15, 0.2) is 11.5 Å². The van der Waals surface area contributed by atoms with E-state index in [0.717, 1.165) is 5.56 Å². The summed E-state index contributed by atoms with van der Waals surface area (Å²) in [6, 6.07) is 12.6. The van der Waals surface area contributed by atoms with Crippen LogP contribution >= 0.6 is 0 Å². The van der Waals surface area contributed by atoms with Crippen molar-refractivity contribution >= 4 is 11.6 Å². The molecule has 1 aromatic heterocycles. The van der Waals surface area contributed by atoms with E-state index in [2.05, 4.69) is 15.5 Å². The minimum atomic E-state index is -0.169. The first kappa shape index (κ1) is 20.2. The molecule has 1 amide bonds. The number of hydrogen-bond acceptors (Lipinski definition) is 7. The highest BCUT2D eigenvalue weighted by Crippen LogP contribution is 2.31. The molecule has 0 aliphatic heterocycles. The Bertz CT molecular complexity index is 970. The number of aromatic nitrogens is 2. The molecule has 152 valence electrons. The van der Waals surface area contributed by atoms with Crippen LogP contribution in [0.5, 0.6) is 17.2 Å². The Balaban J connectivity index is 1.62. The number of carbonyl (C=O) groups excluding carboxylic acids is 1. The summed E-state index contributed by atoms with van der Waals surface area (Å²) >= 11 is 0. The molecule has 0 aliphatic rings. The summed E-state index contributed by atoms with van der Waals surface area (Å²) < 4.78 is 21.4. The quantitative estimate of drug-likeness (QED) is 0.588. The standard InChI is InChI=1S/C21H23N3O5/c1-4-28-17-10-9-14(13-18(17)27-3)21-23-20(29-24-21)12-11-19(25)22-15-7-5-6-8-16(15)26-2/h5-10,13H,4,11-12H2,1-3H3,(H,22,25). The lowest BCUT2D eigenvalue weighted by Gasteiger charge is -2.09. The van der Waals surface area contributed by atoms with Crippen LogP contribution in [-0.2, 0) is 11.2 Å². The number of methoxy groups -OCH3 is 2. The summed E-state index contributed by atoms with van der Waals surface area (Å²) in [7, 11) is 3.13. The summed E-state index contributed by atoms with van der Waals surface area (Å²) in [5, 5.41) is 6.81. The zero-order chi connectivity index (χ0) is 20.6. The van der Waals surface area contributed by atoms with Crippen LogP contribution in [0.2, 0.25) is 0 Å². The van der Waals surface area contributed by atoms with Crippen molar-refractivity contribution in [2.75, 3.05) is 26.1 Å². The summed E-state index contributed by atoms with van der Waals surface area (Å²) in [6.07, 6.45) is 0.522. The van der Waals surface area contributed by atoms with Gasteiger partial charge in [0, 0.05) is 18.4 Å². The number of nitrogens with one attached hydrogen (secondary N) is 1. The molecule has 0 aliphatic carbocycles. The summed E-state index contributed by atoms with van der Waals surface area (Å²) in [5.41, 5.74) is 1.35. The van der Waals surface area contributed by atoms with Gasteiger partial charge in [-0.2, -0.15) is 4.98 Å². The molecule has 0 saturated carbocycles. The van der Waals surface area contributed by atoms with E-state index < -0.39 is 0 Å². The number of ether oxygens (including phenoxy) is 3. The maximum absolute atomic E-state index is 12.2. The predicted octanol–water partition coefficient (Wildman–Crippen LogP) is 3.72. The highest BCUT2D eigenvalue weighted by Gasteiger charge is 2.14. The minimum Gasteiger partial charge on any atom is -0.495 e. The van der Waals surface area contributed by atoms with Crippen LogP contribution < -0.4 is 19.5 Å². The van der Waals surface area contributed by atoms with Gasteiger partial charge in [0.05, 0.1) is 26.5 Å². The minimum absolute atomic E-state index is 0.169. The molecule has 1 heterocycles. The van der Waals surface area contributed by atoms with Crippen molar-refractivity contribution in [3.05, 3.63) is 48.4 Å². The van der Waals surface area contributed by atoms with Gasteiger partial charge in [-0.3, -0.25) is 4.79 Å². The fraction of sp³-hybridized carbons (Fsp3) is 0.286. The topological polar surface area (TPSA) is 95.7 Å². The normalized spacial score (nSPS) is 10.4. The lowest BCUT2D eigenvalue weighted by atomic mass is 10.2. The number of amides is 1. The zero-order valence-electron chi connectivity index (χ0n) is 16.6. The van der Waals surface area contributed by atoms with Gasteiger partial charge in [-0.15, -0.1) is 0 Å². The summed E-state index contributed by atoms with van der Waals surface area (Å²) in [5.74, 6) is 2.47. The second-order valence-electron chi connectivity index (χ2n) is 6.06.